The van der Waals surface area contributed by atoms with Gasteiger partial charge in [-0.2, -0.15) is 5.21 Å². The molecular weight excluding hydrogens is 338 g/mol. The molecule has 0 radical (unpaired) electrons. The number of hydrogen-bond donors (Lipinski definition) is 2. The summed E-state index contributed by atoms with van der Waals surface area (Å²) < 4.78 is 32.4. The molecule has 8 nitrogen and oxygen atoms in total. The van der Waals surface area contributed by atoms with Crippen molar-refractivity contribution in [2.24, 2.45) is 0 Å². The molecule has 0 spiro atoms. The molecule has 0 saturated heterocycles. The van der Waals surface area contributed by atoms with Crippen LogP contribution in [0.15, 0.2) is 27.6 Å². The number of benzene rings is 1. The maximum Gasteiger partial charge on any atom is 0.244 e. The summed E-state index contributed by atoms with van der Waals surface area (Å²) in [5.74, 6) is 0.501. The molecular formula is C9H10BrN5O3S. The maximum absolute atomic E-state index is 12.2. The van der Waals surface area contributed by atoms with Gasteiger partial charge in [0.15, 0.2) is 5.82 Å². The Morgan fingerprint density at radius 2 is 2.26 bits per heavy atom. The van der Waals surface area contributed by atoms with E-state index in [1.165, 1.54) is 13.2 Å². The van der Waals surface area contributed by atoms with Crippen molar-refractivity contribution in [1.82, 2.24) is 25.3 Å². The van der Waals surface area contributed by atoms with E-state index < -0.39 is 10.0 Å². The van der Waals surface area contributed by atoms with Gasteiger partial charge in [-0.1, -0.05) is 21.1 Å². The molecule has 0 aliphatic heterocycles. The van der Waals surface area contributed by atoms with Crippen LogP contribution < -0.4 is 9.46 Å². The Kier molecular flexibility index (Phi) is 4.12. The second kappa shape index (κ2) is 5.63. The number of methoxy groups -OCH3 is 1. The summed E-state index contributed by atoms with van der Waals surface area (Å²) in [4.78, 5) is 0.0351. The van der Waals surface area contributed by atoms with Crippen molar-refractivity contribution < 1.29 is 13.2 Å². The van der Waals surface area contributed by atoms with Crippen molar-refractivity contribution >= 4 is 26.0 Å². The first kappa shape index (κ1) is 13.9. The zero-order chi connectivity index (χ0) is 13.9. The van der Waals surface area contributed by atoms with Crippen molar-refractivity contribution in [3.8, 4) is 5.75 Å². The SMILES string of the molecule is COc1ccc(Br)cc1S(=O)(=O)NCc1nn[nH]n1. The maximum atomic E-state index is 12.2. The molecule has 0 bridgehead atoms. The lowest BCUT2D eigenvalue weighted by Gasteiger charge is -2.10. The smallest absolute Gasteiger partial charge is 0.244 e. The average Bonchev–Trinajstić information content (AvgIpc) is 2.89. The quantitative estimate of drug-likeness (QED) is 0.812. The first-order valence-electron chi connectivity index (χ1n) is 5.08. The Morgan fingerprint density at radius 1 is 1.47 bits per heavy atom. The standard InChI is InChI=1S/C9H10BrN5O3S/c1-18-7-3-2-6(10)4-8(7)19(16,17)11-5-9-12-14-15-13-9/h2-4,11H,5H2,1H3,(H,12,13,14,15). The van der Waals surface area contributed by atoms with E-state index in [0.29, 0.717) is 4.47 Å². The molecule has 1 heterocycles. The molecule has 0 unspecified atom stereocenters. The van der Waals surface area contributed by atoms with Crippen molar-refractivity contribution in [1.29, 1.82) is 0 Å². The molecule has 1 aromatic carbocycles. The number of H-pyrrole nitrogens is 1. The number of tetrazole rings is 1. The Balaban J connectivity index is 2.26. The van der Waals surface area contributed by atoms with Crippen LogP contribution in [0.1, 0.15) is 5.82 Å². The van der Waals surface area contributed by atoms with Crippen LogP contribution >= 0.6 is 15.9 Å². The molecule has 2 N–H and O–H groups in total. The van der Waals surface area contributed by atoms with Crippen molar-refractivity contribution in [3.05, 3.63) is 28.5 Å². The van der Waals surface area contributed by atoms with Crippen molar-refractivity contribution in [2.45, 2.75) is 11.4 Å². The number of sulfonamides is 1. The van der Waals surface area contributed by atoms with Crippen LogP contribution in [0, 0.1) is 0 Å². The van der Waals surface area contributed by atoms with Gasteiger partial charge in [-0.15, -0.1) is 10.2 Å². The highest BCUT2D eigenvalue weighted by molar-refractivity contribution is 9.10. The molecule has 0 aliphatic rings. The number of halogens is 1. The third-order valence-corrected chi connectivity index (χ3v) is 4.14. The lowest BCUT2D eigenvalue weighted by Crippen LogP contribution is -2.24. The van der Waals surface area contributed by atoms with Gasteiger partial charge < -0.3 is 4.74 Å². The van der Waals surface area contributed by atoms with Gasteiger partial charge in [0, 0.05) is 4.47 Å². The molecule has 2 rings (SSSR count). The molecule has 2 aromatic rings. The monoisotopic (exact) mass is 347 g/mol. The minimum Gasteiger partial charge on any atom is -0.495 e. The lowest BCUT2D eigenvalue weighted by atomic mass is 10.3. The highest BCUT2D eigenvalue weighted by Gasteiger charge is 2.20. The van der Waals surface area contributed by atoms with E-state index in [2.05, 4.69) is 41.3 Å². The fourth-order valence-electron chi connectivity index (χ4n) is 1.36. The minimum absolute atomic E-state index is 0.0351. The van der Waals surface area contributed by atoms with Crippen LogP contribution in [-0.4, -0.2) is 36.2 Å². The summed E-state index contributed by atoms with van der Waals surface area (Å²) in [6.45, 7) is -0.0610. The van der Waals surface area contributed by atoms with Gasteiger partial charge in [-0.3, -0.25) is 0 Å². The van der Waals surface area contributed by atoms with E-state index in [4.69, 9.17) is 4.74 Å². The zero-order valence-electron chi connectivity index (χ0n) is 9.79. The van der Waals surface area contributed by atoms with Crippen LogP contribution in [0.4, 0.5) is 0 Å². The van der Waals surface area contributed by atoms with E-state index in [1.54, 1.807) is 12.1 Å². The summed E-state index contributed by atoms with van der Waals surface area (Å²) >= 11 is 3.22. The molecule has 19 heavy (non-hydrogen) atoms. The fraction of sp³-hybridized carbons (Fsp3) is 0.222. The lowest BCUT2D eigenvalue weighted by molar-refractivity contribution is 0.402. The molecule has 10 heteroatoms. The largest absolute Gasteiger partial charge is 0.495 e. The highest BCUT2D eigenvalue weighted by atomic mass is 79.9. The molecule has 0 atom stereocenters. The molecule has 0 aliphatic carbocycles. The number of aromatic amines is 1. The molecule has 0 saturated carbocycles. The van der Waals surface area contributed by atoms with E-state index in [-0.39, 0.29) is 23.0 Å². The van der Waals surface area contributed by atoms with Gasteiger partial charge in [0.2, 0.25) is 10.0 Å². The highest BCUT2D eigenvalue weighted by Crippen LogP contribution is 2.27. The van der Waals surface area contributed by atoms with E-state index in [1.807, 2.05) is 0 Å². The molecule has 0 amide bonds. The van der Waals surface area contributed by atoms with Crippen molar-refractivity contribution in [2.75, 3.05) is 7.11 Å². The Hall–Kier alpha value is -1.52. The van der Waals surface area contributed by atoms with Crippen LogP contribution in [0.2, 0.25) is 0 Å². The topological polar surface area (TPSA) is 110 Å². The van der Waals surface area contributed by atoms with Gasteiger partial charge in [-0.25, -0.2) is 13.1 Å². The van der Waals surface area contributed by atoms with E-state index in [0.717, 1.165) is 0 Å². The first-order valence-corrected chi connectivity index (χ1v) is 7.36. The second-order valence-corrected chi connectivity index (χ2v) is 6.10. The number of nitrogens with one attached hydrogen (secondary N) is 2. The Labute approximate surface area is 117 Å². The first-order chi connectivity index (χ1) is 9.03. The summed E-state index contributed by atoms with van der Waals surface area (Å²) in [6, 6.07) is 4.71. The van der Waals surface area contributed by atoms with E-state index in [9.17, 15) is 8.42 Å². The fourth-order valence-corrected chi connectivity index (χ4v) is 3.04. The van der Waals surface area contributed by atoms with Crippen LogP contribution in [-0.2, 0) is 16.6 Å². The van der Waals surface area contributed by atoms with Crippen molar-refractivity contribution in [3.63, 3.8) is 0 Å². The summed E-state index contributed by atoms with van der Waals surface area (Å²) in [5.41, 5.74) is 0. The number of ether oxygens (including phenoxy) is 1. The van der Waals surface area contributed by atoms with Gasteiger partial charge in [-0.05, 0) is 18.2 Å². The average molecular weight is 348 g/mol. The number of aromatic nitrogens is 4. The molecule has 0 fully saturated rings. The Bertz CT molecular complexity index is 658. The summed E-state index contributed by atoms with van der Waals surface area (Å²) in [6.07, 6.45) is 0. The van der Waals surface area contributed by atoms with Crippen LogP contribution in [0.25, 0.3) is 0 Å². The predicted molar refractivity (Wildman–Crippen MR) is 68.9 cm³/mol. The van der Waals surface area contributed by atoms with Gasteiger partial charge in [0.05, 0.1) is 13.7 Å². The van der Waals surface area contributed by atoms with Gasteiger partial charge >= 0.3 is 0 Å². The van der Waals surface area contributed by atoms with Crippen LogP contribution in [0.3, 0.4) is 0 Å². The molecule has 1 aromatic heterocycles. The third-order valence-electron chi connectivity index (χ3n) is 2.22. The minimum atomic E-state index is -3.73. The van der Waals surface area contributed by atoms with Gasteiger partial charge in [0.25, 0.3) is 0 Å². The predicted octanol–water partition coefficient (Wildman–Crippen LogP) is 0.449. The van der Waals surface area contributed by atoms with Gasteiger partial charge in [0.1, 0.15) is 10.6 Å². The number of rotatable bonds is 5. The van der Waals surface area contributed by atoms with E-state index >= 15 is 0 Å². The third kappa shape index (κ3) is 3.28. The number of hydrogen-bond acceptors (Lipinski definition) is 6. The second-order valence-electron chi connectivity index (χ2n) is 3.45. The normalized spacial score (nSPS) is 11.5. The number of nitrogens with zero attached hydrogens (tertiary/aromatic N) is 3. The summed E-state index contributed by atoms with van der Waals surface area (Å²) in [5, 5.41) is 12.9. The Morgan fingerprint density at radius 3 is 2.89 bits per heavy atom. The van der Waals surface area contributed by atoms with Crippen LogP contribution in [0.5, 0.6) is 5.75 Å². The molecule has 102 valence electrons. The summed E-state index contributed by atoms with van der Waals surface area (Å²) in [7, 11) is -2.32. The zero-order valence-corrected chi connectivity index (χ0v) is 12.2.